The van der Waals surface area contributed by atoms with Crippen molar-refractivity contribution in [3.8, 4) is 0 Å². The smallest absolute Gasteiger partial charge is 0.416 e. The molecule has 1 aromatic carbocycles. The van der Waals surface area contributed by atoms with Crippen LogP contribution in [0, 0.1) is 0 Å². The van der Waals surface area contributed by atoms with Crippen molar-refractivity contribution < 1.29 is 50.2 Å². The van der Waals surface area contributed by atoms with E-state index >= 15 is 0 Å². The Morgan fingerprint density at radius 1 is 0.926 bits per heavy atom. The summed E-state index contributed by atoms with van der Waals surface area (Å²) in [6.07, 6.45) is -11.0. The summed E-state index contributed by atoms with van der Waals surface area (Å²) in [5.41, 5.74) is -4.41. The molecule has 1 N–H and O–H groups in total. The number of ether oxygens (including phenoxy) is 2. The zero-order valence-corrected chi connectivity index (χ0v) is 13.8. The van der Waals surface area contributed by atoms with Gasteiger partial charge in [0.2, 0.25) is 0 Å². The lowest BCUT2D eigenvalue weighted by Gasteiger charge is -2.17. The van der Waals surface area contributed by atoms with Gasteiger partial charge in [-0.25, -0.2) is 4.79 Å². The summed E-state index contributed by atoms with van der Waals surface area (Å²) >= 11 is 0. The molecule has 0 radical (unpaired) electrons. The topological polar surface area (TPSA) is 81.7 Å². The normalized spacial score (nSPS) is 12.9. The van der Waals surface area contributed by atoms with Gasteiger partial charge in [0.15, 0.2) is 0 Å². The summed E-state index contributed by atoms with van der Waals surface area (Å²) in [5.74, 6) is -3.55. The van der Waals surface area contributed by atoms with Crippen LogP contribution in [0.3, 0.4) is 0 Å². The molecule has 0 bridgehead atoms. The molecule has 0 aliphatic rings. The van der Waals surface area contributed by atoms with Crippen LogP contribution < -0.4 is 5.32 Å². The van der Waals surface area contributed by atoms with E-state index in [0.29, 0.717) is 0 Å². The van der Waals surface area contributed by atoms with Gasteiger partial charge in [0.1, 0.15) is 6.04 Å². The van der Waals surface area contributed by atoms with Crippen LogP contribution >= 0.6 is 0 Å². The van der Waals surface area contributed by atoms with Crippen LogP contribution in [0.1, 0.15) is 27.9 Å². The Morgan fingerprint density at radius 3 is 1.78 bits per heavy atom. The summed E-state index contributed by atoms with van der Waals surface area (Å²) in [6, 6.07) is -1.43. The lowest BCUT2D eigenvalue weighted by Crippen LogP contribution is -2.43. The summed E-state index contributed by atoms with van der Waals surface area (Å²) in [5, 5.41) is 1.86. The molecule has 1 aromatic rings. The van der Waals surface area contributed by atoms with Gasteiger partial charge in [-0.05, 0) is 18.2 Å². The van der Waals surface area contributed by atoms with Crippen LogP contribution in [0.5, 0.6) is 0 Å². The van der Waals surface area contributed by atoms with Crippen LogP contribution in [0.15, 0.2) is 18.2 Å². The van der Waals surface area contributed by atoms with Gasteiger partial charge in [-0.2, -0.15) is 26.3 Å². The monoisotopic (exact) mass is 401 g/mol. The maximum absolute atomic E-state index is 12.8. The molecule has 12 heteroatoms. The molecule has 1 atom stereocenters. The van der Waals surface area contributed by atoms with E-state index in [9.17, 15) is 40.7 Å². The molecule has 0 heterocycles. The second-order valence-electron chi connectivity index (χ2n) is 5.12. The number of alkyl halides is 6. The van der Waals surface area contributed by atoms with Crippen LogP contribution in [0.2, 0.25) is 0 Å². The number of benzene rings is 1. The second-order valence-corrected chi connectivity index (χ2v) is 5.12. The third kappa shape index (κ3) is 6.15. The molecule has 0 unspecified atom stereocenters. The minimum atomic E-state index is -5.15. The fraction of sp³-hybridized carbons (Fsp3) is 0.400. The zero-order valence-electron chi connectivity index (χ0n) is 13.8. The van der Waals surface area contributed by atoms with Gasteiger partial charge in [0.05, 0.1) is 31.8 Å². The minimum absolute atomic E-state index is 0.150. The molecule has 0 aromatic heterocycles. The summed E-state index contributed by atoms with van der Waals surface area (Å²) in [4.78, 5) is 34.9. The van der Waals surface area contributed by atoms with Crippen LogP contribution in [-0.2, 0) is 31.4 Å². The van der Waals surface area contributed by atoms with E-state index in [-0.39, 0.29) is 18.2 Å². The molecule has 27 heavy (non-hydrogen) atoms. The first kappa shape index (κ1) is 22.3. The van der Waals surface area contributed by atoms with Gasteiger partial charge in [-0.1, -0.05) is 0 Å². The van der Waals surface area contributed by atoms with Gasteiger partial charge >= 0.3 is 24.3 Å². The highest BCUT2D eigenvalue weighted by molar-refractivity contribution is 5.98. The van der Waals surface area contributed by atoms with E-state index in [2.05, 4.69) is 9.47 Å². The largest absolute Gasteiger partial charge is 0.469 e. The maximum Gasteiger partial charge on any atom is 0.416 e. The molecular formula is C15H13F6NO5. The van der Waals surface area contributed by atoms with Gasteiger partial charge in [-0.3, -0.25) is 9.59 Å². The van der Waals surface area contributed by atoms with E-state index in [1.165, 1.54) is 0 Å². The highest BCUT2D eigenvalue weighted by atomic mass is 19.4. The first-order chi connectivity index (χ1) is 12.3. The third-order valence-electron chi connectivity index (χ3n) is 3.24. The molecule has 0 saturated heterocycles. The van der Waals surface area contributed by atoms with Crippen molar-refractivity contribution in [1.82, 2.24) is 5.32 Å². The number of carbonyl (C=O) groups excluding carboxylic acids is 3. The third-order valence-corrected chi connectivity index (χ3v) is 3.24. The molecule has 0 fully saturated rings. The number of halogens is 6. The molecule has 0 aliphatic heterocycles. The predicted octanol–water partition coefficient (Wildman–Crippen LogP) is 2.56. The average molecular weight is 401 g/mol. The van der Waals surface area contributed by atoms with Gasteiger partial charge < -0.3 is 14.8 Å². The van der Waals surface area contributed by atoms with E-state index in [1.54, 1.807) is 0 Å². The van der Waals surface area contributed by atoms with Crippen molar-refractivity contribution in [3.05, 3.63) is 34.9 Å². The fourth-order valence-electron chi connectivity index (χ4n) is 1.91. The van der Waals surface area contributed by atoms with Gasteiger partial charge in [0.25, 0.3) is 5.91 Å². The zero-order chi connectivity index (χ0) is 21.0. The molecule has 150 valence electrons. The maximum atomic E-state index is 12.8. The number of carbonyl (C=O) groups is 3. The van der Waals surface area contributed by atoms with Gasteiger partial charge in [0, 0.05) is 5.56 Å². The predicted molar refractivity (Wildman–Crippen MR) is 76.3 cm³/mol. The number of rotatable bonds is 5. The van der Waals surface area contributed by atoms with E-state index in [4.69, 9.17) is 0 Å². The van der Waals surface area contributed by atoms with Crippen molar-refractivity contribution >= 4 is 17.8 Å². The first-order valence-electron chi connectivity index (χ1n) is 7.04. The van der Waals surface area contributed by atoms with Crippen molar-refractivity contribution in [2.75, 3.05) is 14.2 Å². The van der Waals surface area contributed by atoms with Crippen LogP contribution in [0.25, 0.3) is 0 Å². The van der Waals surface area contributed by atoms with E-state index < -0.39 is 59.4 Å². The van der Waals surface area contributed by atoms with Gasteiger partial charge in [-0.15, -0.1) is 0 Å². The average Bonchev–Trinajstić information content (AvgIpc) is 2.58. The first-order valence-corrected chi connectivity index (χ1v) is 7.04. The Morgan fingerprint density at radius 2 is 1.41 bits per heavy atom. The number of methoxy groups -OCH3 is 2. The summed E-state index contributed by atoms with van der Waals surface area (Å²) in [7, 11) is 1.88. The van der Waals surface area contributed by atoms with Crippen LogP contribution in [0.4, 0.5) is 26.3 Å². The number of esters is 2. The quantitative estimate of drug-likeness (QED) is 0.606. The highest BCUT2D eigenvalue weighted by Crippen LogP contribution is 2.36. The summed E-state index contributed by atoms with van der Waals surface area (Å²) < 4.78 is 85.6. The summed E-state index contributed by atoms with van der Waals surface area (Å²) in [6.45, 7) is 0. The molecule has 6 nitrogen and oxygen atoms in total. The molecular weight excluding hydrogens is 388 g/mol. The highest BCUT2D eigenvalue weighted by Gasteiger charge is 2.38. The lowest BCUT2D eigenvalue weighted by molar-refractivity contribution is -0.149. The van der Waals surface area contributed by atoms with Crippen molar-refractivity contribution in [3.63, 3.8) is 0 Å². The molecule has 0 spiro atoms. The Balaban J connectivity index is 3.27. The standard InChI is InChI=1S/C15H13F6NO5/c1-26-11(23)6-10(13(25)27-2)22-12(24)7-3-8(14(16,17)18)5-9(4-7)15(19,20)21/h3-5,10H,6H2,1-2H3,(H,22,24)/t10-/m0/s1. The van der Waals surface area contributed by atoms with E-state index in [1.807, 2.05) is 5.32 Å². The Kier molecular flexibility index (Phi) is 6.81. The molecule has 1 amide bonds. The van der Waals surface area contributed by atoms with Crippen molar-refractivity contribution in [2.24, 2.45) is 0 Å². The molecule has 1 rings (SSSR count). The number of nitrogens with one attached hydrogen (secondary N) is 1. The lowest BCUT2D eigenvalue weighted by atomic mass is 10.0. The SMILES string of the molecule is COC(=O)C[C@H](NC(=O)c1cc(C(F)(F)F)cc(C(F)(F)F)c1)C(=O)OC. The van der Waals surface area contributed by atoms with Crippen LogP contribution in [-0.4, -0.2) is 38.1 Å². The Bertz CT molecular complexity index is 696. The molecule has 0 aliphatic carbocycles. The molecule has 0 saturated carbocycles. The van der Waals surface area contributed by atoms with Crippen molar-refractivity contribution in [1.29, 1.82) is 0 Å². The Hall–Kier alpha value is -2.79. The minimum Gasteiger partial charge on any atom is -0.469 e. The van der Waals surface area contributed by atoms with E-state index in [0.717, 1.165) is 14.2 Å². The number of hydrogen-bond acceptors (Lipinski definition) is 5. The number of amides is 1. The second kappa shape index (κ2) is 8.27. The van der Waals surface area contributed by atoms with Crippen molar-refractivity contribution in [2.45, 2.75) is 24.8 Å². The number of hydrogen-bond donors (Lipinski definition) is 1. The fourth-order valence-corrected chi connectivity index (χ4v) is 1.91. The Labute approximate surface area is 148 Å².